The van der Waals surface area contributed by atoms with Gasteiger partial charge in [0.25, 0.3) is 5.91 Å². The van der Waals surface area contributed by atoms with Crippen molar-refractivity contribution in [1.29, 1.82) is 0 Å². The molecule has 0 N–H and O–H groups in total. The summed E-state index contributed by atoms with van der Waals surface area (Å²) in [5.41, 5.74) is 1.74. The number of carbonyl (C=O) groups is 1. The lowest BCUT2D eigenvalue weighted by Gasteiger charge is -2.37. The highest BCUT2D eigenvalue weighted by atomic mass is 35.5. The van der Waals surface area contributed by atoms with E-state index in [1.807, 2.05) is 17.7 Å². The Balaban J connectivity index is 1.88. The Hall–Kier alpha value is -1.03. The highest BCUT2D eigenvalue weighted by molar-refractivity contribution is 6.20. The van der Waals surface area contributed by atoms with Gasteiger partial charge in [0.05, 0.1) is 5.69 Å². The molecule has 1 aromatic rings. The molecule has 110 valence electrons. The van der Waals surface area contributed by atoms with Crippen LogP contribution in [0.4, 0.5) is 0 Å². The van der Waals surface area contributed by atoms with Gasteiger partial charge in [-0.15, -0.1) is 11.6 Å². The van der Waals surface area contributed by atoms with Crippen molar-refractivity contribution in [2.24, 2.45) is 0 Å². The second kappa shape index (κ2) is 5.40. The number of rotatable bonds is 3. The van der Waals surface area contributed by atoms with Gasteiger partial charge < -0.3 is 4.90 Å². The molecule has 2 unspecified atom stereocenters. The maximum Gasteiger partial charge on any atom is 0.272 e. The SMILES string of the molecule is CCc1cc(C(=O)N2C3CCC2CC(Cl)C3)n(CC)n1. The van der Waals surface area contributed by atoms with Crippen molar-refractivity contribution in [1.82, 2.24) is 14.7 Å². The van der Waals surface area contributed by atoms with E-state index in [0.29, 0.717) is 12.1 Å². The quantitative estimate of drug-likeness (QED) is 0.804. The maximum atomic E-state index is 12.9. The van der Waals surface area contributed by atoms with E-state index >= 15 is 0 Å². The molecule has 2 aliphatic heterocycles. The van der Waals surface area contributed by atoms with Crippen LogP contribution in [0.3, 0.4) is 0 Å². The van der Waals surface area contributed by atoms with Crippen LogP contribution in [-0.4, -0.2) is 38.0 Å². The number of alkyl halides is 1. The van der Waals surface area contributed by atoms with E-state index in [9.17, 15) is 4.79 Å². The van der Waals surface area contributed by atoms with Crippen LogP contribution in [0.5, 0.6) is 0 Å². The minimum absolute atomic E-state index is 0.148. The van der Waals surface area contributed by atoms with E-state index in [4.69, 9.17) is 11.6 Å². The highest BCUT2D eigenvalue weighted by Gasteiger charge is 2.43. The van der Waals surface area contributed by atoms with Crippen molar-refractivity contribution in [2.75, 3.05) is 0 Å². The van der Waals surface area contributed by atoms with Gasteiger partial charge in [0.15, 0.2) is 0 Å². The normalized spacial score (nSPS) is 28.9. The molecule has 2 bridgehead atoms. The van der Waals surface area contributed by atoms with Crippen molar-refractivity contribution in [3.05, 3.63) is 17.5 Å². The molecule has 4 nitrogen and oxygen atoms in total. The smallest absolute Gasteiger partial charge is 0.272 e. The van der Waals surface area contributed by atoms with Crippen molar-refractivity contribution < 1.29 is 4.79 Å². The fourth-order valence-electron chi connectivity index (χ4n) is 3.63. The van der Waals surface area contributed by atoms with Crippen molar-refractivity contribution >= 4 is 17.5 Å². The lowest BCUT2D eigenvalue weighted by molar-refractivity contribution is 0.0586. The second-order valence-electron chi connectivity index (χ2n) is 5.86. The number of hydrogen-bond donors (Lipinski definition) is 0. The Morgan fingerprint density at radius 3 is 2.55 bits per heavy atom. The zero-order valence-corrected chi connectivity index (χ0v) is 12.9. The molecule has 2 fully saturated rings. The van der Waals surface area contributed by atoms with E-state index in [-0.39, 0.29) is 11.3 Å². The van der Waals surface area contributed by atoms with Crippen molar-refractivity contribution in [3.8, 4) is 0 Å². The average Bonchev–Trinajstić information content (AvgIpc) is 2.97. The summed E-state index contributed by atoms with van der Waals surface area (Å²) < 4.78 is 1.84. The zero-order chi connectivity index (χ0) is 14.3. The van der Waals surface area contributed by atoms with Crippen LogP contribution in [0.15, 0.2) is 6.07 Å². The number of nitrogens with zero attached hydrogens (tertiary/aromatic N) is 3. The predicted molar refractivity (Wildman–Crippen MR) is 79.1 cm³/mol. The summed E-state index contributed by atoms with van der Waals surface area (Å²) in [6, 6.07) is 2.61. The molecule has 20 heavy (non-hydrogen) atoms. The minimum Gasteiger partial charge on any atom is -0.331 e. The van der Waals surface area contributed by atoms with Crippen molar-refractivity contribution in [3.63, 3.8) is 0 Å². The van der Waals surface area contributed by atoms with E-state index in [0.717, 1.165) is 50.0 Å². The van der Waals surface area contributed by atoms with Crippen LogP contribution in [-0.2, 0) is 13.0 Å². The summed E-state index contributed by atoms with van der Waals surface area (Å²) in [7, 11) is 0. The zero-order valence-electron chi connectivity index (χ0n) is 12.2. The van der Waals surface area contributed by atoms with Crippen LogP contribution >= 0.6 is 11.6 Å². The van der Waals surface area contributed by atoms with Crippen LogP contribution in [0, 0.1) is 0 Å². The molecule has 2 atom stereocenters. The number of halogens is 1. The molecular formula is C15H22ClN3O. The van der Waals surface area contributed by atoms with Crippen LogP contribution in [0.2, 0.25) is 0 Å². The first-order valence-electron chi connectivity index (χ1n) is 7.67. The van der Waals surface area contributed by atoms with Gasteiger partial charge in [-0.1, -0.05) is 6.92 Å². The topological polar surface area (TPSA) is 38.1 Å². The Morgan fingerprint density at radius 2 is 2.00 bits per heavy atom. The molecule has 0 aromatic carbocycles. The number of hydrogen-bond acceptors (Lipinski definition) is 2. The predicted octanol–water partition coefficient (Wildman–Crippen LogP) is 2.84. The van der Waals surface area contributed by atoms with E-state index in [1.165, 1.54) is 0 Å². The van der Waals surface area contributed by atoms with E-state index < -0.39 is 0 Å². The van der Waals surface area contributed by atoms with E-state index in [2.05, 4.69) is 16.9 Å². The van der Waals surface area contributed by atoms with Crippen LogP contribution in [0.25, 0.3) is 0 Å². The summed E-state index contributed by atoms with van der Waals surface area (Å²) in [4.78, 5) is 15.0. The third-order valence-electron chi connectivity index (χ3n) is 4.62. The molecule has 0 saturated carbocycles. The summed E-state index contributed by atoms with van der Waals surface area (Å²) in [6.45, 7) is 4.84. The number of piperidine rings is 1. The number of aryl methyl sites for hydroxylation is 2. The third-order valence-corrected chi connectivity index (χ3v) is 4.98. The molecule has 0 aliphatic carbocycles. The Bertz CT molecular complexity index is 499. The number of fused-ring (bicyclic) bond motifs is 2. The molecule has 1 amide bonds. The fraction of sp³-hybridized carbons (Fsp3) is 0.733. The van der Waals surface area contributed by atoms with E-state index in [1.54, 1.807) is 0 Å². The van der Waals surface area contributed by atoms with Gasteiger partial charge in [0.1, 0.15) is 5.69 Å². The van der Waals surface area contributed by atoms with Gasteiger partial charge in [-0.05, 0) is 45.1 Å². The standard InChI is InChI=1S/C15H22ClN3O/c1-3-11-9-14(18(4-2)17-11)15(20)19-12-5-6-13(19)8-10(16)7-12/h9-10,12-13H,3-8H2,1-2H3. The second-order valence-corrected chi connectivity index (χ2v) is 6.47. The number of amides is 1. The largest absolute Gasteiger partial charge is 0.331 e. The number of carbonyl (C=O) groups excluding carboxylic acids is 1. The summed E-state index contributed by atoms with van der Waals surface area (Å²) >= 11 is 6.29. The first-order valence-corrected chi connectivity index (χ1v) is 8.11. The van der Waals surface area contributed by atoms with Gasteiger partial charge >= 0.3 is 0 Å². The molecule has 2 saturated heterocycles. The monoisotopic (exact) mass is 295 g/mol. The summed E-state index contributed by atoms with van der Waals surface area (Å²) in [5.74, 6) is 0.148. The molecule has 1 aromatic heterocycles. The minimum atomic E-state index is 0.148. The van der Waals surface area contributed by atoms with Crippen molar-refractivity contribution in [2.45, 2.75) is 70.0 Å². The molecule has 0 radical (unpaired) electrons. The lowest BCUT2D eigenvalue weighted by atomic mass is 10.0. The molecule has 3 rings (SSSR count). The molecule has 5 heteroatoms. The maximum absolute atomic E-state index is 12.9. The van der Waals surface area contributed by atoms with Crippen LogP contribution < -0.4 is 0 Å². The van der Waals surface area contributed by atoms with Crippen LogP contribution in [0.1, 0.15) is 55.7 Å². The molecule has 3 heterocycles. The molecule has 2 aliphatic rings. The Morgan fingerprint density at radius 1 is 1.35 bits per heavy atom. The highest BCUT2D eigenvalue weighted by Crippen LogP contribution is 2.38. The van der Waals surface area contributed by atoms with Gasteiger partial charge in [-0.3, -0.25) is 9.48 Å². The van der Waals surface area contributed by atoms with Gasteiger partial charge in [0.2, 0.25) is 0 Å². The first-order chi connectivity index (χ1) is 9.63. The van der Waals surface area contributed by atoms with Gasteiger partial charge in [0, 0.05) is 24.0 Å². The Kier molecular flexibility index (Phi) is 3.76. The summed E-state index contributed by atoms with van der Waals surface area (Å²) in [5, 5.41) is 4.73. The lowest BCUT2D eigenvalue weighted by Crippen LogP contribution is -2.47. The average molecular weight is 296 g/mol. The first kappa shape index (κ1) is 13.9. The summed E-state index contributed by atoms with van der Waals surface area (Å²) in [6.07, 6.45) is 4.93. The number of aromatic nitrogens is 2. The van der Waals surface area contributed by atoms with Gasteiger partial charge in [-0.2, -0.15) is 5.10 Å². The molecular weight excluding hydrogens is 274 g/mol. The van der Waals surface area contributed by atoms with Gasteiger partial charge in [-0.25, -0.2) is 0 Å². The Labute approximate surface area is 125 Å². The third kappa shape index (κ3) is 2.24. The fourth-order valence-corrected chi connectivity index (χ4v) is 4.04. The molecule has 0 spiro atoms.